The lowest BCUT2D eigenvalue weighted by Gasteiger charge is -2.14. The lowest BCUT2D eigenvalue weighted by atomic mass is 10.2. The van der Waals surface area contributed by atoms with E-state index in [0.29, 0.717) is 10.9 Å². The number of anilines is 1. The second kappa shape index (κ2) is 6.25. The molecule has 0 fully saturated rings. The molecule has 130 valence electrons. The molecule has 0 unspecified atom stereocenters. The molecular formula is C16H11F3N2O3S. The summed E-state index contributed by atoms with van der Waals surface area (Å²) in [4.78, 5) is 3.48. The number of hydrogen-bond acceptors (Lipinski definition) is 4. The summed E-state index contributed by atoms with van der Waals surface area (Å²) in [6, 6.07) is 13.1. The first-order valence-corrected chi connectivity index (χ1v) is 8.45. The molecule has 25 heavy (non-hydrogen) atoms. The third-order valence-electron chi connectivity index (χ3n) is 3.21. The van der Waals surface area contributed by atoms with Crippen molar-refractivity contribution in [2.45, 2.75) is 11.3 Å². The first-order chi connectivity index (χ1) is 11.7. The highest BCUT2D eigenvalue weighted by atomic mass is 32.2. The van der Waals surface area contributed by atoms with Crippen LogP contribution < -0.4 is 9.46 Å². The SMILES string of the molecule is O=S(=O)(Nc1cnc2ccccc2c1)c1ccccc1OC(F)(F)F. The molecule has 1 aromatic heterocycles. The summed E-state index contributed by atoms with van der Waals surface area (Å²) in [6.07, 6.45) is -3.72. The Balaban J connectivity index is 1.96. The number of nitrogens with one attached hydrogen (secondary N) is 1. The number of rotatable bonds is 4. The molecule has 2 aromatic carbocycles. The molecule has 3 aromatic rings. The van der Waals surface area contributed by atoms with Gasteiger partial charge in [-0.15, -0.1) is 13.2 Å². The smallest absolute Gasteiger partial charge is 0.404 e. The quantitative estimate of drug-likeness (QED) is 0.758. The number of benzene rings is 2. The van der Waals surface area contributed by atoms with Crippen molar-refractivity contribution in [2.24, 2.45) is 0 Å². The highest BCUT2D eigenvalue weighted by Crippen LogP contribution is 2.30. The van der Waals surface area contributed by atoms with Crippen LogP contribution in [-0.2, 0) is 10.0 Å². The van der Waals surface area contributed by atoms with Crippen LogP contribution in [0.3, 0.4) is 0 Å². The minimum Gasteiger partial charge on any atom is -0.404 e. The lowest BCUT2D eigenvalue weighted by molar-refractivity contribution is -0.275. The first kappa shape index (κ1) is 17.0. The van der Waals surface area contributed by atoms with Gasteiger partial charge in [-0.3, -0.25) is 9.71 Å². The van der Waals surface area contributed by atoms with Crippen LogP contribution >= 0.6 is 0 Å². The van der Waals surface area contributed by atoms with Crippen molar-refractivity contribution in [2.75, 3.05) is 4.72 Å². The number of fused-ring (bicyclic) bond motifs is 1. The first-order valence-electron chi connectivity index (χ1n) is 6.97. The van der Waals surface area contributed by atoms with Gasteiger partial charge in [-0.05, 0) is 24.3 Å². The highest BCUT2D eigenvalue weighted by Gasteiger charge is 2.34. The summed E-state index contributed by atoms with van der Waals surface area (Å²) in [6.45, 7) is 0. The van der Waals surface area contributed by atoms with E-state index in [4.69, 9.17) is 0 Å². The zero-order chi connectivity index (χ0) is 18.1. The van der Waals surface area contributed by atoms with Crippen LogP contribution in [0.2, 0.25) is 0 Å². The maximum Gasteiger partial charge on any atom is 0.573 e. The topological polar surface area (TPSA) is 68.3 Å². The van der Waals surface area contributed by atoms with Crippen molar-refractivity contribution in [3.8, 4) is 5.75 Å². The molecule has 1 N–H and O–H groups in total. The number of para-hydroxylation sites is 2. The summed E-state index contributed by atoms with van der Waals surface area (Å²) in [7, 11) is -4.30. The molecule has 0 bridgehead atoms. The number of hydrogen-bond donors (Lipinski definition) is 1. The van der Waals surface area contributed by atoms with Crippen molar-refractivity contribution < 1.29 is 26.3 Å². The zero-order valence-corrected chi connectivity index (χ0v) is 13.3. The molecule has 0 saturated heterocycles. The normalized spacial score (nSPS) is 12.1. The third kappa shape index (κ3) is 4.00. The highest BCUT2D eigenvalue weighted by molar-refractivity contribution is 7.92. The van der Waals surface area contributed by atoms with E-state index in [2.05, 4.69) is 14.4 Å². The molecule has 0 aliphatic heterocycles. The van der Waals surface area contributed by atoms with Gasteiger partial charge in [0.15, 0.2) is 0 Å². The van der Waals surface area contributed by atoms with Gasteiger partial charge in [-0.25, -0.2) is 8.42 Å². The maximum absolute atomic E-state index is 12.5. The van der Waals surface area contributed by atoms with Gasteiger partial charge in [-0.2, -0.15) is 0 Å². The summed E-state index contributed by atoms with van der Waals surface area (Å²) in [5.41, 5.74) is 0.784. The van der Waals surface area contributed by atoms with E-state index >= 15 is 0 Å². The van der Waals surface area contributed by atoms with E-state index in [-0.39, 0.29) is 5.69 Å². The number of pyridine rings is 1. The number of nitrogens with zero attached hydrogens (tertiary/aromatic N) is 1. The van der Waals surface area contributed by atoms with Gasteiger partial charge in [0.1, 0.15) is 10.6 Å². The number of halogens is 3. The molecule has 9 heteroatoms. The number of sulfonamides is 1. The van der Waals surface area contributed by atoms with Crippen molar-refractivity contribution in [3.63, 3.8) is 0 Å². The van der Waals surface area contributed by atoms with E-state index in [1.54, 1.807) is 24.3 Å². The minimum absolute atomic E-state index is 0.125. The molecule has 0 radical (unpaired) electrons. The number of alkyl halides is 3. The summed E-state index contributed by atoms with van der Waals surface area (Å²) >= 11 is 0. The van der Waals surface area contributed by atoms with Gasteiger partial charge in [0.05, 0.1) is 17.4 Å². The van der Waals surface area contributed by atoms with E-state index < -0.39 is 27.0 Å². The lowest BCUT2D eigenvalue weighted by Crippen LogP contribution is -2.20. The fourth-order valence-electron chi connectivity index (χ4n) is 2.22. The van der Waals surface area contributed by atoms with Crippen molar-refractivity contribution in [1.29, 1.82) is 0 Å². The molecular weight excluding hydrogens is 357 g/mol. The minimum atomic E-state index is -5.00. The molecule has 1 heterocycles. The van der Waals surface area contributed by atoms with Gasteiger partial charge < -0.3 is 4.74 Å². The third-order valence-corrected chi connectivity index (χ3v) is 4.63. The van der Waals surface area contributed by atoms with Gasteiger partial charge in [-0.1, -0.05) is 30.3 Å². The summed E-state index contributed by atoms with van der Waals surface area (Å²) in [5.74, 6) is -0.809. The summed E-state index contributed by atoms with van der Waals surface area (Å²) < 4.78 is 68.3. The molecule has 0 aliphatic carbocycles. The Morgan fingerprint density at radius 2 is 1.68 bits per heavy atom. The predicted octanol–water partition coefficient (Wildman–Crippen LogP) is 3.93. The zero-order valence-electron chi connectivity index (χ0n) is 12.5. The molecule has 0 atom stereocenters. The average molecular weight is 368 g/mol. The number of aromatic nitrogens is 1. The average Bonchev–Trinajstić information content (AvgIpc) is 2.53. The molecule has 5 nitrogen and oxygen atoms in total. The van der Waals surface area contributed by atoms with Gasteiger partial charge >= 0.3 is 6.36 Å². The van der Waals surface area contributed by atoms with E-state index in [0.717, 1.165) is 12.1 Å². The second-order valence-electron chi connectivity index (χ2n) is 5.02. The van der Waals surface area contributed by atoms with Crippen molar-refractivity contribution >= 4 is 26.6 Å². The Labute approximate surface area is 141 Å². The van der Waals surface area contributed by atoms with Crippen LogP contribution in [0, 0.1) is 0 Å². The van der Waals surface area contributed by atoms with Crippen LogP contribution in [0.5, 0.6) is 5.75 Å². The summed E-state index contributed by atoms with van der Waals surface area (Å²) in [5, 5.41) is 0.683. The fourth-order valence-corrected chi connectivity index (χ4v) is 3.38. The van der Waals surface area contributed by atoms with Crippen molar-refractivity contribution in [1.82, 2.24) is 4.98 Å². The van der Waals surface area contributed by atoms with Crippen LogP contribution in [0.15, 0.2) is 65.7 Å². The van der Waals surface area contributed by atoms with Crippen LogP contribution in [0.25, 0.3) is 10.9 Å². The van der Waals surface area contributed by atoms with Gasteiger partial charge in [0, 0.05) is 5.39 Å². The van der Waals surface area contributed by atoms with E-state index in [1.165, 1.54) is 24.4 Å². The van der Waals surface area contributed by atoms with Crippen LogP contribution in [0.1, 0.15) is 0 Å². The Morgan fingerprint density at radius 3 is 2.44 bits per heavy atom. The molecule has 0 saturated carbocycles. The second-order valence-corrected chi connectivity index (χ2v) is 6.67. The molecule has 3 rings (SSSR count). The van der Waals surface area contributed by atoms with E-state index in [1.807, 2.05) is 0 Å². The monoisotopic (exact) mass is 368 g/mol. The fraction of sp³-hybridized carbons (Fsp3) is 0.0625. The molecule has 0 spiro atoms. The maximum atomic E-state index is 12.5. The Morgan fingerprint density at radius 1 is 1.00 bits per heavy atom. The van der Waals surface area contributed by atoms with Crippen molar-refractivity contribution in [3.05, 3.63) is 60.8 Å². The van der Waals surface area contributed by atoms with Gasteiger partial charge in [0.2, 0.25) is 0 Å². The van der Waals surface area contributed by atoms with Crippen LogP contribution in [0.4, 0.5) is 18.9 Å². The predicted molar refractivity (Wildman–Crippen MR) is 85.7 cm³/mol. The van der Waals surface area contributed by atoms with E-state index in [9.17, 15) is 21.6 Å². The largest absolute Gasteiger partial charge is 0.573 e. The van der Waals surface area contributed by atoms with Gasteiger partial charge in [0.25, 0.3) is 10.0 Å². The molecule has 0 amide bonds. The Bertz CT molecular complexity index is 1020. The number of ether oxygens (including phenoxy) is 1. The Hall–Kier alpha value is -2.81. The standard InChI is InChI=1S/C16H11F3N2O3S/c17-16(18,19)24-14-7-3-4-8-15(14)25(22,23)21-12-9-11-5-1-2-6-13(11)20-10-12/h1-10,21H. The Kier molecular flexibility index (Phi) is 4.25. The molecule has 0 aliphatic rings. The van der Waals surface area contributed by atoms with Crippen LogP contribution in [-0.4, -0.2) is 19.8 Å².